The molecule has 1 aromatic rings. The first-order chi connectivity index (χ1) is 7.56. The molecule has 2 rings (SSSR count). The highest BCUT2D eigenvalue weighted by Gasteiger charge is 2.29. The Morgan fingerprint density at radius 3 is 2.76 bits per heavy atom. The third kappa shape index (κ3) is 2.45. The van der Waals surface area contributed by atoms with E-state index in [9.17, 15) is 4.79 Å². The minimum Gasteiger partial charge on any atom is -0.465 e. The minimum absolute atomic E-state index is 0. The van der Waals surface area contributed by atoms with Crippen LogP contribution >= 0.6 is 12.4 Å². The van der Waals surface area contributed by atoms with Crippen LogP contribution in [0.15, 0.2) is 18.2 Å². The summed E-state index contributed by atoms with van der Waals surface area (Å²) < 4.78 is 4.80. The van der Waals surface area contributed by atoms with Gasteiger partial charge in [-0.05, 0) is 17.2 Å². The van der Waals surface area contributed by atoms with Crippen LogP contribution in [-0.2, 0) is 16.7 Å². The van der Waals surface area contributed by atoms with Gasteiger partial charge in [0.25, 0.3) is 0 Å². The molecule has 1 heterocycles. The molecule has 1 aromatic carbocycles. The second kappa shape index (κ2) is 5.07. The van der Waals surface area contributed by atoms with Crippen molar-refractivity contribution in [3.05, 3.63) is 34.9 Å². The van der Waals surface area contributed by atoms with E-state index in [0.29, 0.717) is 5.56 Å². The van der Waals surface area contributed by atoms with Gasteiger partial charge < -0.3 is 10.1 Å². The molecule has 0 unspecified atom stereocenters. The van der Waals surface area contributed by atoms with Gasteiger partial charge >= 0.3 is 5.97 Å². The Kier molecular flexibility index (Phi) is 4.17. The van der Waals surface area contributed by atoms with Crippen LogP contribution in [0, 0.1) is 0 Å². The molecule has 0 atom stereocenters. The van der Waals surface area contributed by atoms with Gasteiger partial charge in [0.15, 0.2) is 0 Å². The van der Waals surface area contributed by atoms with Crippen molar-refractivity contribution >= 4 is 18.4 Å². The van der Waals surface area contributed by atoms with E-state index in [1.54, 1.807) is 0 Å². The van der Waals surface area contributed by atoms with E-state index < -0.39 is 0 Å². The predicted molar refractivity (Wildman–Crippen MR) is 69.8 cm³/mol. The molecule has 4 heteroatoms. The summed E-state index contributed by atoms with van der Waals surface area (Å²) >= 11 is 0. The Morgan fingerprint density at radius 1 is 1.41 bits per heavy atom. The van der Waals surface area contributed by atoms with Crippen LogP contribution in [0.4, 0.5) is 0 Å². The molecule has 0 saturated heterocycles. The lowest BCUT2D eigenvalue weighted by Crippen LogP contribution is -2.39. The average Bonchev–Trinajstić information content (AvgIpc) is 2.27. The maximum absolute atomic E-state index is 11.6. The van der Waals surface area contributed by atoms with Gasteiger partial charge in [-0.2, -0.15) is 0 Å². The number of nitrogens with one attached hydrogen (secondary N) is 1. The van der Waals surface area contributed by atoms with E-state index in [2.05, 4.69) is 25.2 Å². The lowest BCUT2D eigenvalue weighted by atomic mass is 9.78. The van der Waals surface area contributed by atoms with Crippen molar-refractivity contribution in [3.63, 3.8) is 0 Å². The molecule has 94 valence electrons. The largest absolute Gasteiger partial charge is 0.465 e. The lowest BCUT2D eigenvalue weighted by Gasteiger charge is -2.34. The van der Waals surface area contributed by atoms with E-state index in [-0.39, 0.29) is 23.8 Å². The lowest BCUT2D eigenvalue weighted by molar-refractivity contribution is 0.0598. The molecule has 0 amide bonds. The summed E-state index contributed by atoms with van der Waals surface area (Å²) in [6, 6.07) is 5.86. The third-order valence-corrected chi connectivity index (χ3v) is 3.18. The zero-order valence-corrected chi connectivity index (χ0v) is 11.2. The van der Waals surface area contributed by atoms with Gasteiger partial charge in [-0.1, -0.05) is 26.0 Å². The van der Waals surface area contributed by atoms with E-state index >= 15 is 0 Å². The van der Waals surface area contributed by atoms with Gasteiger partial charge in [-0.15, -0.1) is 12.4 Å². The fourth-order valence-corrected chi connectivity index (χ4v) is 2.31. The standard InChI is InChI=1S/C13H17NO2.ClH/c1-13(2)8-14-7-10-9(12(15)16-3)5-4-6-11(10)13;/h4-6,14H,7-8H2,1-3H3;1H. The van der Waals surface area contributed by atoms with Crippen molar-refractivity contribution in [2.75, 3.05) is 13.7 Å². The summed E-state index contributed by atoms with van der Waals surface area (Å²) in [4.78, 5) is 11.6. The second-order valence-electron chi connectivity index (χ2n) is 4.81. The first-order valence-electron chi connectivity index (χ1n) is 5.47. The molecule has 0 bridgehead atoms. The normalized spacial score (nSPS) is 16.6. The quantitative estimate of drug-likeness (QED) is 0.783. The average molecular weight is 256 g/mol. The molecule has 1 N–H and O–H groups in total. The van der Waals surface area contributed by atoms with E-state index in [4.69, 9.17) is 4.74 Å². The first kappa shape index (κ1) is 14.0. The fraction of sp³-hybridized carbons (Fsp3) is 0.462. The molecule has 0 saturated carbocycles. The molecule has 3 nitrogen and oxygen atoms in total. The Balaban J connectivity index is 0.00000144. The van der Waals surface area contributed by atoms with Crippen molar-refractivity contribution in [3.8, 4) is 0 Å². The summed E-state index contributed by atoms with van der Waals surface area (Å²) in [5.41, 5.74) is 3.07. The van der Waals surface area contributed by atoms with Crippen molar-refractivity contribution in [2.24, 2.45) is 0 Å². The Bertz CT molecular complexity index is 429. The van der Waals surface area contributed by atoms with Crippen molar-refractivity contribution < 1.29 is 9.53 Å². The number of halogens is 1. The second-order valence-corrected chi connectivity index (χ2v) is 4.81. The molecule has 0 aromatic heterocycles. The highest BCUT2D eigenvalue weighted by atomic mass is 35.5. The Morgan fingerprint density at radius 2 is 2.12 bits per heavy atom. The van der Waals surface area contributed by atoms with E-state index in [0.717, 1.165) is 18.7 Å². The monoisotopic (exact) mass is 255 g/mol. The number of rotatable bonds is 1. The molecular formula is C13H18ClNO2. The molecule has 1 aliphatic heterocycles. The molecule has 0 spiro atoms. The zero-order chi connectivity index (χ0) is 11.8. The van der Waals surface area contributed by atoms with Gasteiger partial charge in [0.1, 0.15) is 0 Å². The highest BCUT2D eigenvalue weighted by molar-refractivity contribution is 5.91. The molecule has 0 aliphatic carbocycles. The third-order valence-electron chi connectivity index (χ3n) is 3.18. The van der Waals surface area contributed by atoms with Crippen LogP contribution in [0.2, 0.25) is 0 Å². The van der Waals surface area contributed by atoms with Crippen LogP contribution in [0.5, 0.6) is 0 Å². The maximum atomic E-state index is 11.6. The molecule has 0 radical (unpaired) electrons. The number of carbonyl (C=O) groups is 1. The smallest absolute Gasteiger partial charge is 0.338 e. The molecular weight excluding hydrogens is 238 g/mol. The van der Waals surface area contributed by atoms with Crippen LogP contribution < -0.4 is 5.32 Å². The number of benzene rings is 1. The summed E-state index contributed by atoms with van der Waals surface area (Å²) in [6.45, 7) is 6.03. The Labute approximate surface area is 108 Å². The van der Waals surface area contributed by atoms with Crippen molar-refractivity contribution in [1.82, 2.24) is 5.32 Å². The van der Waals surface area contributed by atoms with Crippen LogP contribution in [0.3, 0.4) is 0 Å². The predicted octanol–water partition coefficient (Wildman–Crippen LogP) is 2.28. The number of carbonyl (C=O) groups excluding carboxylic acids is 1. The summed E-state index contributed by atoms with van der Waals surface area (Å²) in [5, 5.41) is 3.34. The Hall–Kier alpha value is -1.06. The molecule has 17 heavy (non-hydrogen) atoms. The number of methoxy groups -OCH3 is 1. The van der Waals surface area contributed by atoms with Crippen molar-refractivity contribution in [1.29, 1.82) is 0 Å². The number of hydrogen-bond donors (Lipinski definition) is 1. The van der Waals surface area contributed by atoms with Gasteiger partial charge in [0.05, 0.1) is 12.7 Å². The van der Waals surface area contributed by atoms with Gasteiger partial charge in [0, 0.05) is 18.5 Å². The first-order valence-corrected chi connectivity index (χ1v) is 5.47. The topological polar surface area (TPSA) is 38.3 Å². The molecule has 0 fully saturated rings. The van der Waals surface area contributed by atoms with Crippen molar-refractivity contribution in [2.45, 2.75) is 25.8 Å². The number of fused-ring (bicyclic) bond motifs is 1. The zero-order valence-electron chi connectivity index (χ0n) is 10.4. The van der Waals surface area contributed by atoms with Gasteiger partial charge in [-0.25, -0.2) is 4.79 Å². The van der Waals surface area contributed by atoms with E-state index in [1.165, 1.54) is 12.7 Å². The van der Waals surface area contributed by atoms with Crippen LogP contribution in [0.1, 0.15) is 35.3 Å². The maximum Gasteiger partial charge on any atom is 0.338 e. The number of hydrogen-bond acceptors (Lipinski definition) is 3. The molecule has 1 aliphatic rings. The van der Waals surface area contributed by atoms with Gasteiger partial charge in [0.2, 0.25) is 0 Å². The van der Waals surface area contributed by atoms with Gasteiger partial charge in [-0.3, -0.25) is 0 Å². The summed E-state index contributed by atoms with van der Waals surface area (Å²) in [7, 11) is 1.42. The van der Waals surface area contributed by atoms with E-state index in [1.807, 2.05) is 12.1 Å². The van der Waals surface area contributed by atoms with Crippen LogP contribution in [-0.4, -0.2) is 19.6 Å². The SMILES string of the molecule is COC(=O)c1cccc2c1CNCC2(C)C.Cl. The summed E-state index contributed by atoms with van der Waals surface area (Å²) in [6.07, 6.45) is 0. The summed E-state index contributed by atoms with van der Waals surface area (Å²) in [5.74, 6) is -0.253. The fourth-order valence-electron chi connectivity index (χ4n) is 2.31. The highest BCUT2D eigenvalue weighted by Crippen LogP contribution is 2.31. The van der Waals surface area contributed by atoms with Crippen LogP contribution in [0.25, 0.3) is 0 Å². The minimum atomic E-state index is -0.253. The number of esters is 1. The number of ether oxygens (including phenoxy) is 1.